The summed E-state index contributed by atoms with van der Waals surface area (Å²) in [6.07, 6.45) is 7.86. The van der Waals surface area contributed by atoms with Crippen LogP contribution in [-0.4, -0.2) is 57.6 Å². The summed E-state index contributed by atoms with van der Waals surface area (Å²) < 4.78 is 18.9. The van der Waals surface area contributed by atoms with Crippen molar-refractivity contribution in [2.45, 2.75) is 38.8 Å². The second kappa shape index (κ2) is 11.4. The maximum absolute atomic E-state index is 13.3. The molecule has 0 radical (unpaired) electrons. The minimum atomic E-state index is -0.740. The molecule has 9 nitrogen and oxygen atoms in total. The largest absolute Gasteiger partial charge is 0.507 e. The molecular formula is C29H31N3O6. The number of nitrogens with zero attached hydrogens (tertiary/aromatic N) is 3. The molecule has 1 atom stereocenters. The van der Waals surface area contributed by atoms with Gasteiger partial charge in [0.15, 0.2) is 11.5 Å². The molecule has 38 heavy (non-hydrogen) atoms. The number of hydrogen-bond donors (Lipinski definition) is 1. The number of aromatic nitrogens is 2. The zero-order valence-corrected chi connectivity index (χ0v) is 21.3. The maximum Gasteiger partial charge on any atom is 0.295 e. The smallest absolute Gasteiger partial charge is 0.295 e. The number of fused-ring (bicyclic) bond motifs is 1. The van der Waals surface area contributed by atoms with E-state index >= 15 is 0 Å². The fourth-order valence-electron chi connectivity index (χ4n) is 4.73. The van der Waals surface area contributed by atoms with E-state index in [-0.39, 0.29) is 11.3 Å². The monoisotopic (exact) mass is 517 g/mol. The summed E-state index contributed by atoms with van der Waals surface area (Å²) in [6, 6.07) is 11.6. The quantitative estimate of drug-likeness (QED) is 0.185. The van der Waals surface area contributed by atoms with Gasteiger partial charge in [-0.25, -0.2) is 4.98 Å². The van der Waals surface area contributed by atoms with Gasteiger partial charge in [-0.3, -0.25) is 9.59 Å². The Bertz CT molecular complexity index is 1320. The van der Waals surface area contributed by atoms with Gasteiger partial charge in [0.25, 0.3) is 11.7 Å². The predicted molar refractivity (Wildman–Crippen MR) is 140 cm³/mol. The molecule has 3 heterocycles. The molecule has 1 N–H and O–H groups in total. The minimum absolute atomic E-state index is 0.0500. The van der Waals surface area contributed by atoms with Crippen LogP contribution < -0.4 is 14.2 Å². The van der Waals surface area contributed by atoms with E-state index in [9.17, 15) is 14.7 Å². The number of aryl methyl sites for hydroxylation is 1. The highest BCUT2D eigenvalue weighted by atomic mass is 16.6. The average molecular weight is 518 g/mol. The van der Waals surface area contributed by atoms with Crippen molar-refractivity contribution in [1.29, 1.82) is 0 Å². The van der Waals surface area contributed by atoms with Gasteiger partial charge in [0.1, 0.15) is 24.7 Å². The number of Topliss-reactive ketones (excluding diaryl/α,β-unsaturated/α-hetero) is 1. The third-order valence-electron chi connectivity index (χ3n) is 6.69. The first-order chi connectivity index (χ1) is 18.6. The van der Waals surface area contributed by atoms with E-state index in [0.717, 1.165) is 12.8 Å². The Morgan fingerprint density at radius 3 is 2.58 bits per heavy atom. The molecule has 3 aromatic rings. The van der Waals surface area contributed by atoms with E-state index in [2.05, 4.69) is 11.9 Å². The number of ether oxygens (including phenoxy) is 3. The van der Waals surface area contributed by atoms with Gasteiger partial charge in [0, 0.05) is 31.0 Å². The fraction of sp³-hybridized carbons (Fsp3) is 0.345. The molecule has 0 spiro atoms. The summed E-state index contributed by atoms with van der Waals surface area (Å²) in [6.45, 7) is 4.53. The predicted octanol–water partition coefficient (Wildman–Crippen LogP) is 4.35. The van der Waals surface area contributed by atoms with Crippen LogP contribution in [0.2, 0.25) is 0 Å². The first-order valence-corrected chi connectivity index (χ1v) is 12.9. The molecule has 0 saturated carbocycles. The molecule has 2 aliphatic heterocycles. The SMILES string of the molecule is CCCCOc1ccc(C2/C(=C(\O)c3ccc4c(c3)OCCO4)C(=O)C(=O)N2CCCn2ccnc2)cc1. The fourth-order valence-corrected chi connectivity index (χ4v) is 4.73. The molecule has 1 amide bonds. The number of amides is 1. The Balaban J connectivity index is 1.48. The Morgan fingerprint density at radius 2 is 1.84 bits per heavy atom. The minimum Gasteiger partial charge on any atom is -0.507 e. The summed E-state index contributed by atoms with van der Waals surface area (Å²) >= 11 is 0. The Labute approximate surface area is 221 Å². The van der Waals surface area contributed by atoms with Crippen LogP contribution in [0.1, 0.15) is 43.4 Å². The summed E-state index contributed by atoms with van der Waals surface area (Å²) in [5.41, 5.74) is 1.15. The van der Waals surface area contributed by atoms with Crippen molar-refractivity contribution in [1.82, 2.24) is 14.5 Å². The van der Waals surface area contributed by atoms with Gasteiger partial charge in [0.05, 0.1) is 24.5 Å². The van der Waals surface area contributed by atoms with Gasteiger partial charge in [-0.15, -0.1) is 0 Å². The average Bonchev–Trinajstić information content (AvgIpc) is 3.55. The van der Waals surface area contributed by atoms with E-state index in [1.807, 2.05) is 35.0 Å². The summed E-state index contributed by atoms with van der Waals surface area (Å²) in [4.78, 5) is 32.2. The number of benzene rings is 2. The van der Waals surface area contributed by atoms with Gasteiger partial charge < -0.3 is 28.8 Å². The van der Waals surface area contributed by atoms with Gasteiger partial charge in [-0.05, 0) is 48.7 Å². The lowest BCUT2D eigenvalue weighted by Gasteiger charge is -2.26. The highest BCUT2D eigenvalue weighted by molar-refractivity contribution is 6.46. The van der Waals surface area contributed by atoms with Crippen molar-refractivity contribution >= 4 is 17.4 Å². The van der Waals surface area contributed by atoms with Crippen molar-refractivity contribution in [2.75, 3.05) is 26.4 Å². The second-order valence-corrected chi connectivity index (χ2v) is 9.28. The number of ketones is 1. The van der Waals surface area contributed by atoms with Crippen LogP contribution in [-0.2, 0) is 16.1 Å². The molecule has 0 bridgehead atoms. The lowest BCUT2D eigenvalue weighted by atomic mass is 9.95. The molecule has 5 rings (SSSR count). The van der Waals surface area contributed by atoms with Crippen molar-refractivity contribution < 1.29 is 28.9 Å². The zero-order valence-electron chi connectivity index (χ0n) is 21.3. The third kappa shape index (κ3) is 5.22. The van der Waals surface area contributed by atoms with Crippen LogP contribution >= 0.6 is 0 Å². The first kappa shape index (κ1) is 25.4. The van der Waals surface area contributed by atoms with Crippen LogP contribution in [0.5, 0.6) is 17.2 Å². The molecule has 0 aliphatic carbocycles. The molecule has 1 saturated heterocycles. The summed E-state index contributed by atoms with van der Waals surface area (Å²) in [7, 11) is 0. The van der Waals surface area contributed by atoms with E-state index in [1.54, 1.807) is 30.7 Å². The van der Waals surface area contributed by atoms with Gasteiger partial charge >= 0.3 is 0 Å². The van der Waals surface area contributed by atoms with E-state index in [0.29, 0.717) is 67.7 Å². The first-order valence-electron chi connectivity index (χ1n) is 12.9. The molecular weight excluding hydrogens is 486 g/mol. The molecule has 9 heteroatoms. The number of imidazole rings is 1. The zero-order chi connectivity index (χ0) is 26.5. The number of rotatable bonds is 10. The van der Waals surface area contributed by atoms with Gasteiger partial charge in [-0.1, -0.05) is 25.5 Å². The number of unbranched alkanes of at least 4 members (excludes halogenated alkanes) is 1. The lowest BCUT2D eigenvalue weighted by Crippen LogP contribution is -2.31. The number of carbonyl (C=O) groups excluding carboxylic acids is 2. The van der Waals surface area contributed by atoms with Crippen LogP contribution in [0.25, 0.3) is 5.76 Å². The van der Waals surface area contributed by atoms with Crippen molar-refractivity contribution in [3.05, 3.63) is 77.9 Å². The Hall–Kier alpha value is -4.27. The second-order valence-electron chi connectivity index (χ2n) is 9.28. The van der Waals surface area contributed by atoms with Crippen molar-refractivity contribution in [3.63, 3.8) is 0 Å². The third-order valence-corrected chi connectivity index (χ3v) is 6.69. The van der Waals surface area contributed by atoms with Crippen LogP contribution in [0.3, 0.4) is 0 Å². The summed E-state index contributed by atoms with van der Waals surface area (Å²) in [5.74, 6) is 0.177. The Kier molecular flexibility index (Phi) is 7.62. The highest BCUT2D eigenvalue weighted by Gasteiger charge is 2.45. The maximum atomic E-state index is 13.3. The molecule has 2 aliphatic rings. The highest BCUT2D eigenvalue weighted by Crippen LogP contribution is 2.41. The van der Waals surface area contributed by atoms with Crippen LogP contribution in [0.15, 0.2) is 66.8 Å². The van der Waals surface area contributed by atoms with Gasteiger partial charge in [-0.2, -0.15) is 0 Å². The number of aliphatic hydroxyl groups excluding tert-OH is 1. The van der Waals surface area contributed by atoms with Crippen molar-refractivity contribution in [3.8, 4) is 17.2 Å². The molecule has 2 aromatic carbocycles. The topological polar surface area (TPSA) is 103 Å². The molecule has 198 valence electrons. The molecule has 1 fully saturated rings. The number of carbonyl (C=O) groups is 2. The number of likely N-dealkylation sites (tertiary alicyclic amines) is 1. The number of hydrogen-bond acceptors (Lipinski definition) is 7. The summed E-state index contributed by atoms with van der Waals surface area (Å²) in [5, 5.41) is 11.4. The lowest BCUT2D eigenvalue weighted by molar-refractivity contribution is -0.139. The van der Waals surface area contributed by atoms with E-state index < -0.39 is 17.7 Å². The standard InChI is InChI=1S/C29H31N3O6/c1-2-3-15-36-22-8-5-20(6-9-22)26-25(27(33)21-7-10-23-24(18-21)38-17-16-37-23)28(34)29(35)32(26)13-4-12-31-14-11-30-19-31/h5-11,14,18-19,26,33H,2-4,12-13,15-17H2,1H3/b27-25+. The van der Waals surface area contributed by atoms with E-state index in [1.165, 1.54) is 4.90 Å². The van der Waals surface area contributed by atoms with Gasteiger partial charge in [0.2, 0.25) is 0 Å². The Morgan fingerprint density at radius 1 is 1.05 bits per heavy atom. The van der Waals surface area contributed by atoms with E-state index in [4.69, 9.17) is 14.2 Å². The van der Waals surface area contributed by atoms with Crippen molar-refractivity contribution in [2.24, 2.45) is 0 Å². The normalized spacial score (nSPS) is 18.1. The molecule has 1 unspecified atom stereocenters. The molecule has 1 aromatic heterocycles. The van der Waals surface area contributed by atoms with Crippen LogP contribution in [0.4, 0.5) is 0 Å². The number of aliphatic hydroxyl groups is 1. The van der Waals surface area contributed by atoms with Crippen LogP contribution in [0, 0.1) is 0 Å².